The first kappa shape index (κ1) is 13.0. The van der Waals surface area contributed by atoms with E-state index in [0.29, 0.717) is 5.41 Å². The molecule has 1 aliphatic rings. The van der Waals surface area contributed by atoms with Gasteiger partial charge in [-0.05, 0) is 32.1 Å². The van der Waals surface area contributed by atoms with Crippen LogP contribution in [0.25, 0.3) is 0 Å². The lowest BCUT2D eigenvalue weighted by Crippen LogP contribution is -2.42. The summed E-state index contributed by atoms with van der Waals surface area (Å²) in [6.07, 6.45) is 7.61. The van der Waals surface area contributed by atoms with Crippen LogP contribution in [0.5, 0.6) is 0 Å². The van der Waals surface area contributed by atoms with Crippen LogP contribution >= 0.6 is 11.3 Å². The number of nitrogens with two attached hydrogens (primary N) is 1. The molecule has 96 valence electrons. The highest BCUT2D eigenvalue weighted by Crippen LogP contribution is 2.39. The standard InChI is InChI=1S/C14H24N2S/c1-10-11(2)17-13(16-10)9-12(15)14(3)7-5-4-6-8-14/h12H,4-9,15H2,1-3H3. The molecule has 0 saturated heterocycles. The number of rotatable bonds is 3. The lowest BCUT2D eigenvalue weighted by Gasteiger charge is -2.38. The van der Waals surface area contributed by atoms with Crippen LogP contribution in [-0.4, -0.2) is 11.0 Å². The predicted octanol–water partition coefficient (Wildman–Crippen LogP) is 3.60. The average molecular weight is 252 g/mol. The fourth-order valence-corrected chi connectivity index (χ4v) is 3.78. The normalized spacial score (nSPS) is 21.4. The van der Waals surface area contributed by atoms with Crippen molar-refractivity contribution in [2.24, 2.45) is 11.1 Å². The number of hydrogen-bond acceptors (Lipinski definition) is 3. The third kappa shape index (κ3) is 2.89. The van der Waals surface area contributed by atoms with Gasteiger partial charge in [0.25, 0.3) is 0 Å². The molecule has 1 aromatic heterocycles. The van der Waals surface area contributed by atoms with Crippen LogP contribution in [0, 0.1) is 19.3 Å². The van der Waals surface area contributed by atoms with Crippen LogP contribution in [0.2, 0.25) is 0 Å². The van der Waals surface area contributed by atoms with Crippen molar-refractivity contribution < 1.29 is 0 Å². The van der Waals surface area contributed by atoms with Crippen LogP contribution in [0.15, 0.2) is 0 Å². The molecule has 1 atom stereocenters. The van der Waals surface area contributed by atoms with E-state index in [1.54, 1.807) is 0 Å². The molecular weight excluding hydrogens is 228 g/mol. The van der Waals surface area contributed by atoms with E-state index in [1.165, 1.54) is 47.7 Å². The average Bonchev–Trinajstić information content (AvgIpc) is 2.59. The van der Waals surface area contributed by atoms with Crippen molar-refractivity contribution in [1.29, 1.82) is 0 Å². The van der Waals surface area contributed by atoms with Crippen LogP contribution in [-0.2, 0) is 6.42 Å². The van der Waals surface area contributed by atoms with Crippen molar-refractivity contribution >= 4 is 11.3 Å². The minimum atomic E-state index is 0.271. The summed E-state index contributed by atoms with van der Waals surface area (Å²) in [5.41, 5.74) is 7.95. The maximum Gasteiger partial charge on any atom is 0.0946 e. The molecule has 1 saturated carbocycles. The molecule has 3 heteroatoms. The van der Waals surface area contributed by atoms with E-state index in [-0.39, 0.29) is 6.04 Å². The van der Waals surface area contributed by atoms with Gasteiger partial charge in [-0.2, -0.15) is 0 Å². The minimum Gasteiger partial charge on any atom is -0.327 e. The van der Waals surface area contributed by atoms with E-state index >= 15 is 0 Å². The molecule has 1 unspecified atom stereocenters. The summed E-state index contributed by atoms with van der Waals surface area (Å²) in [6, 6.07) is 0.271. The van der Waals surface area contributed by atoms with Crippen molar-refractivity contribution in [1.82, 2.24) is 4.98 Å². The number of thiazole rings is 1. The Morgan fingerprint density at radius 2 is 1.94 bits per heavy atom. The van der Waals surface area contributed by atoms with Crippen molar-refractivity contribution in [2.45, 2.75) is 65.3 Å². The van der Waals surface area contributed by atoms with Gasteiger partial charge < -0.3 is 5.73 Å². The number of aryl methyl sites for hydroxylation is 2. The Bertz CT molecular complexity index is 358. The molecule has 1 heterocycles. The van der Waals surface area contributed by atoms with Crippen LogP contribution in [0.3, 0.4) is 0 Å². The molecule has 0 spiro atoms. The molecule has 2 nitrogen and oxygen atoms in total. The third-order valence-electron chi connectivity index (χ3n) is 4.36. The Kier molecular flexibility index (Phi) is 3.88. The molecule has 1 aliphatic carbocycles. The van der Waals surface area contributed by atoms with Crippen molar-refractivity contribution in [3.63, 3.8) is 0 Å². The Morgan fingerprint density at radius 3 is 2.47 bits per heavy atom. The molecule has 2 rings (SSSR count). The summed E-state index contributed by atoms with van der Waals surface area (Å²) in [6.45, 7) is 6.59. The van der Waals surface area contributed by atoms with Crippen LogP contribution in [0.4, 0.5) is 0 Å². The van der Waals surface area contributed by atoms with Gasteiger partial charge in [0.2, 0.25) is 0 Å². The van der Waals surface area contributed by atoms with E-state index in [1.807, 2.05) is 11.3 Å². The molecule has 17 heavy (non-hydrogen) atoms. The summed E-state index contributed by atoms with van der Waals surface area (Å²) in [4.78, 5) is 5.95. The van der Waals surface area contributed by atoms with Gasteiger partial charge in [-0.3, -0.25) is 0 Å². The number of nitrogens with zero attached hydrogens (tertiary/aromatic N) is 1. The lowest BCUT2D eigenvalue weighted by molar-refractivity contribution is 0.168. The topological polar surface area (TPSA) is 38.9 Å². The quantitative estimate of drug-likeness (QED) is 0.892. The highest BCUT2D eigenvalue weighted by molar-refractivity contribution is 7.11. The van der Waals surface area contributed by atoms with E-state index in [0.717, 1.165) is 6.42 Å². The Morgan fingerprint density at radius 1 is 1.29 bits per heavy atom. The maximum atomic E-state index is 6.44. The molecule has 0 radical (unpaired) electrons. The van der Waals surface area contributed by atoms with Gasteiger partial charge in [-0.25, -0.2) is 4.98 Å². The highest BCUT2D eigenvalue weighted by Gasteiger charge is 2.33. The zero-order valence-corrected chi connectivity index (χ0v) is 12.1. The summed E-state index contributed by atoms with van der Waals surface area (Å²) in [5, 5.41) is 1.22. The second kappa shape index (κ2) is 5.07. The third-order valence-corrected chi connectivity index (χ3v) is 5.45. The van der Waals surface area contributed by atoms with Gasteiger partial charge in [-0.15, -0.1) is 11.3 Å². The molecule has 0 bridgehead atoms. The largest absolute Gasteiger partial charge is 0.327 e. The monoisotopic (exact) mass is 252 g/mol. The molecular formula is C14H24N2S. The summed E-state index contributed by atoms with van der Waals surface area (Å²) in [7, 11) is 0. The summed E-state index contributed by atoms with van der Waals surface area (Å²) in [5.74, 6) is 0. The zero-order valence-electron chi connectivity index (χ0n) is 11.3. The second-order valence-corrected chi connectivity index (χ2v) is 7.06. The van der Waals surface area contributed by atoms with Gasteiger partial charge in [0.15, 0.2) is 0 Å². The van der Waals surface area contributed by atoms with E-state index in [4.69, 9.17) is 5.73 Å². The molecule has 0 aromatic carbocycles. The molecule has 1 aromatic rings. The van der Waals surface area contributed by atoms with Gasteiger partial charge >= 0.3 is 0 Å². The minimum absolute atomic E-state index is 0.271. The molecule has 0 aliphatic heterocycles. The smallest absolute Gasteiger partial charge is 0.0946 e. The first-order valence-electron chi connectivity index (χ1n) is 6.70. The predicted molar refractivity (Wildman–Crippen MR) is 74.5 cm³/mol. The summed E-state index contributed by atoms with van der Waals surface area (Å²) < 4.78 is 0. The highest BCUT2D eigenvalue weighted by atomic mass is 32.1. The zero-order chi connectivity index (χ0) is 12.5. The summed E-state index contributed by atoms with van der Waals surface area (Å²) >= 11 is 1.81. The first-order valence-corrected chi connectivity index (χ1v) is 7.51. The molecule has 2 N–H and O–H groups in total. The lowest BCUT2D eigenvalue weighted by atomic mass is 9.70. The van der Waals surface area contributed by atoms with E-state index in [2.05, 4.69) is 25.8 Å². The fourth-order valence-electron chi connectivity index (χ4n) is 2.79. The first-order chi connectivity index (χ1) is 8.01. The van der Waals surface area contributed by atoms with Crippen molar-refractivity contribution in [3.05, 3.63) is 15.6 Å². The number of aromatic nitrogens is 1. The molecule has 0 amide bonds. The second-order valence-electron chi connectivity index (χ2n) is 5.77. The van der Waals surface area contributed by atoms with Gasteiger partial charge in [0.05, 0.1) is 10.7 Å². The Hall–Kier alpha value is -0.410. The van der Waals surface area contributed by atoms with Gasteiger partial charge in [0, 0.05) is 17.3 Å². The van der Waals surface area contributed by atoms with Gasteiger partial charge in [0.1, 0.15) is 0 Å². The van der Waals surface area contributed by atoms with Crippen LogP contribution in [0.1, 0.15) is 54.6 Å². The van der Waals surface area contributed by atoms with Crippen molar-refractivity contribution in [2.75, 3.05) is 0 Å². The fraction of sp³-hybridized carbons (Fsp3) is 0.786. The van der Waals surface area contributed by atoms with Gasteiger partial charge in [-0.1, -0.05) is 26.2 Å². The Labute approximate surface area is 109 Å². The van der Waals surface area contributed by atoms with Crippen molar-refractivity contribution in [3.8, 4) is 0 Å². The van der Waals surface area contributed by atoms with Crippen LogP contribution < -0.4 is 5.73 Å². The SMILES string of the molecule is Cc1nc(CC(N)C2(C)CCCCC2)sc1C. The maximum absolute atomic E-state index is 6.44. The Balaban J connectivity index is 2.02. The molecule has 1 fully saturated rings. The van der Waals surface area contributed by atoms with E-state index in [9.17, 15) is 0 Å². The number of hydrogen-bond donors (Lipinski definition) is 1. The van der Waals surface area contributed by atoms with E-state index < -0.39 is 0 Å².